The zero-order chi connectivity index (χ0) is 11.7. The number of hydrogen-bond acceptors (Lipinski definition) is 3. The van der Waals surface area contributed by atoms with Crippen LogP contribution in [-0.4, -0.2) is 27.6 Å². The first-order valence-corrected chi connectivity index (χ1v) is 6.79. The Bertz CT molecular complexity index is 516. The van der Waals surface area contributed by atoms with E-state index in [1.807, 2.05) is 18.6 Å². The molecule has 0 atom stereocenters. The van der Waals surface area contributed by atoms with Crippen molar-refractivity contribution < 1.29 is 0 Å². The predicted octanol–water partition coefficient (Wildman–Crippen LogP) is 2.19. The molecule has 1 fully saturated rings. The first kappa shape index (κ1) is 11.2. The van der Waals surface area contributed by atoms with Gasteiger partial charge in [0.15, 0.2) is 5.65 Å². The SMILES string of the molecule is Brc1cnc2c(c1)ncn2CC1CCNCC1. The number of halogens is 1. The van der Waals surface area contributed by atoms with E-state index in [9.17, 15) is 0 Å². The zero-order valence-electron chi connectivity index (χ0n) is 9.56. The maximum Gasteiger partial charge on any atom is 0.159 e. The normalized spacial score (nSPS) is 17.7. The van der Waals surface area contributed by atoms with Crippen molar-refractivity contribution in [2.24, 2.45) is 5.92 Å². The highest BCUT2D eigenvalue weighted by Gasteiger charge is 2.15. The smallest absolute Gasteiger partial charge is 0.159 e. The summed E-state index contributed by atoms with van der Waals surface area (Å²) in [6, 6.07) is 2.02. The number of nitrogens with one attached hydrogen (secondary N) is 1. The fourth-order valence-electron chi connectivity index (χ4n) is 2.40. The van der Waals surface area contributed by atoms with Gasteiger partial charge in [-0.2, -0.15) is 0 Å². The van der Waals surface area contributed by atoms with Crippen molar-refractivity contribution in [1.29, 1.82) is 0 Å². The lowest BCUT2D eigenvalue weighted by molar-refractivity contribution is 0.335. The van der Waals surface area contributed by atoms with Gasteiger partial charge in [0.1, 0.15) is 5.52 Å². The van der Waals surface area contributed by atoms with E-state index >= 15 is 0 Å². The van der Waals surface area contributed by atoms with Crippen LogP contribution in [0.2, 0.25) is 0 Å². The molecule has 1 saturated heterocycles. The van der Waals surface area contributed by atoms with Crippen LogP contribution in [0.15, 0.2) is 23.1 Å². The molecule has 0 amide bonds. The van der Waals surface area contributed by atoms with Crippen molar-refractivity contribution in [3.05, 3.63) is 23.1 Å². The molecule has 3 heterocycles. The van der Waals surface area contributed by atoms with Gasteiger partial charge >= 0.3 is 0 Å². The van der Waals surface area contributed by atoms with E-state index in [0.717, 1.165) is 41.2 Å². The molecule has 2 aromatic heterocycles. The van der Waals surface area contributed by atoms with Gasteiger partial charge in [-0.15, -0.1) is 0 Å². The molecule has 0 radical (unpaired) electrons. The summed E-state index contributed by atoms with van der Waals surface area (Å²) in [4.78, 5) is 8.84. The number of nitrogens with zero attached hydrogens (tertiary/aromatic N) is 3. The van der Waals surface area contributed by atoms with Gasteiger partial charge in [-0.25, -0.2) is 9.97 Å². The second-order valence-electron chi connectivity index (χ2n) is 4.59. The van der Waals surface area contributed by atoms with Gasteiger partial charge in [-0.05, 0) is 53.8 Å². The van der Waals surface area contributed by atoms with E-state index in [-0.39, 0.29) is 0 Å². The minimum Gasteiger partial charge on any atom is -0.317 e. The van der Waals surface area contributed by atoms with Crippen LogP contribution >= 0.6 is 15.9 Å². The van der Waals surface area contributed by atoms with Gasteiger partial charge in [0.25, 0.3) is 0 Å². The number of hydrogen-bond donors (Lipinski definition) is 1. The number of rotatable bonds is 2. The Morgan fingerprint density at radius 3 is 3.00 bits per heavy atom. The van der Waals surface area contributed by atoms with Crippen LogP contribution in [0.3, 0.4) is 0 Å². The molecule has 3 rings (SSSR count). The van der Waals surface area contributed by atoms with Crippen LogP contribution in [0.25, 0.3) is 11.2 Å². The summed E-state index contributed by atoms with van der Waals surface area (Å²) in [5, 5.41) is 3.39. The summed E-state index contributed by atoms with van der Waals surface area (Å²) in [6.45, 7) is 3.30. The van der Waals surface area contributed by atoms with Crippen LogP contribution in [0.1, 0.15) is 12.8 Å². The molecule has 0 aromatic carbocycles. The molecule has 0 aliphatic carbocycles. The van der Waals surface area contributed by atoms with Gasteiger partial charge in [0, 0.05) is 17.2 Å². The number of piperidine rings is 1. The standard InChI is InChI=1S/C12H15BrN4/c13-10-5-11-12(15-6-10)17(8-16-11)7-9-1-3-14-4-2-9/h5-6,8-9,14H,1-4,7H2. The number of pyridine rings is 1. The fraction of sp³-hybridized carbons (Fsp3) is 0.500. The molecule has 0 spiro atoms. The Kier molecular flexibility index (Phi) is 3.11. The first-order valence-electron chi connectivity index (χ1n) is 6.00. The largest absolute Gasteiger partial charge is 0.317 e. The van der Waals surface area contributed by atoms with Crippen LogP contribution in [0, 0.1) is 5.92 Å². The lowest BCUT2D eigenvalue weighted by atomic mass is 9.98. The monoisotopic (exact) mass is 294 g/mol. The summed E-state index contributed by atoms with van der Waals surface area (Å²) in [5.41, 5.74) is 1.96. The lowest BCUT2D eigenvalue weighted by Gasteiger charge is -2.22. The van der Waals surface area contributed by atoms with Crippen LogP contribution in [0.4, 0.5) is 0 Å². The highest BCUT2D eigenvalue weighted by Crippen LogP contribution is 2.19. The Balaban J connectivity index is 1.84. The molecule has 0 unspecified atom stereocenters. The van der Waals surface area contributed by atoms with Gasteiger partial charge < -0.3 is 9.88 Å². The van der Waals surface area contributed by atoms with E-state index in [2.05, 4.69) is 35.8 Å². The maximum absolute atomic E-state index is 4.44. The summed E-state index contributed by atoms with van der Waals surface area (Å²) >= 11 is 3.42. The fourth-order valence-corrected chi connectivity index (χ4v) is 2.72. The van der Waals surface area contributed by atoms with Crippen molar-refractivity contribution in [3.8, 4) is 0 Å². The van der Waals surface area contributed by atoms with Crippen molar-refractivity contribution in [1.82, 2.24) is 19.9 Å². The molecule has 4 nitrogen and oxygen atoms in total. The third-order valence-electron chi connectivity index (χ3n) is 3.34. The summed E-state index contributed by atoms with van der Waals surface area (Å²) < 4.78 is 3.16. The Labute approximate surface area is 109 Å². The average Bonchev–Trinajstić information content (AvgIpc) is 2.73. The van der Waals surface area contributed by atoms with Crippen LogP contribution in [-0.2, 0) is 6.54 Å². The molecule has 0 bridgehead atoms. The molecule has 5 heteroatoms. The van der Waals surface area contributed by atoms with Crippen molar-refractivity contribution >= 4 is 27.1 Å². The molecule has 90 valence electrons. The van der Waals surface area contributed by atoms with E-state index in [1.54, 1.807) is 0 Å². The van der Waals surface area contributed by atoms with Crippen LogP contribution in [0.5, 0.6) is 0 Å². The molecule has 1 aliphatic heterocycles. The third kappa shape index (κ3) is 2.35. The lowest BCUT2D eigenvalue weighted by Crippen LogP contribution is -2.29. The molecule has 17 heavy (non-hydrogen) atoms. The van der Waals surface area contributed by atoms with E-state index in [4.69, 9.17) is 0 Å². The maximum atomic E-state index is 4.44. The van der Waals surface area contributed by atoms with Gasteiger partial charge in [0.05, 0.1) is 6.33 Å². The molecule has 1 aliphatic rings. The second kappa shape index (κ2) is 4.74. The zero-order valence-corrected chi connectivity index (χ0v) is 11.2. The average molecular weight is 295 g/mol. The van der Waals surface area contributed by atoms with Crippen molar-refractivity contribution in [3.63, 3.8) is 0 Å². The Hall–Kier alpha value is -0.940. The molecular formula is C12H15BrN4. The summed E-state index contributed by atoms with van der Waals surface area (Å²) in [5.74, 6) is 0.749. The van der Waals surface area contributed by atoms with E-state index in [1.165, 1.54) is 12.8 Å². The van der Waals surface area contributed by atoms with Gasteiger partial charge in [-0.3, -0.25) is 0 Å². The van der Waals surface area contributed by atoms with Crippen LogP contribution < -0.4 is 5.32 Å². The third-order valence-corrected chi connectivity index (χ3v) is 3.77. The quantitative estimate of drug-likeness (QED) is 0.923. The van der Waals surface area contributed by atoms with Crippen molar-refractivity contribution in [2.45, 2.75) is 19.4 Å². The van der Waals surface area contributed by atoms with E-state index in [0.29, 0.717) is 0 Å². The molecule has 2 aromatic rings. The first-order chi connectivity index (χ1) is 8.33. The summed E-state index contributed by atoms with van der Waals surface area (Å²) in [6.07, 6.45) is 6.24. The number of aromatic nitrogens is 3. The predicted molar refractivity (Wildman–Crippen MR) is 70.8 cm³/mol. The second-order valence-corrected chi connectivity index (χ2v) is 5.50. The topological polar surface area (TPSA) is 42.7 Å². The minimum absolute atomic E-state index is 0.749. The Morgan fingerprint density at radius 1 is 1.35 bits per heavy atom. The highest BCUT2D eigenvalue weighted by atomic mass is 79.9. The number of fused-ring (bicyclic) bond motifs is 1. The van der Waals surface area contributed by atoms with Gasteiger partial charge in [0.2, 0.25) is 0 Å². The van der Waals surface area contributed by atoms with E-state index < -0.39 is 0 Å². The highest BCUT2D eigenvalue weighted by molar-refractivity contribution is 9.10. The molecule has 1 N–H and O–H groups in total. The minimum atomic E-state index is 0.749. The number of imidazole rings is 1. The molecular weight excluding hydrogens is 280 g/mol. The Morgan fingerprint density at radius 2 is 2.18 bits per heavy atom. The van der Waals surface area contributed by atoms with Crippen molar-refractivity contribution in [2.75, 3.05) is 13.1 Å². The summed E-state index contributed by atoms with van der Waals surface area (Å²) in [7, 11) is 0. The molecule has 0 saturated carbocycles. The van der Waals surface area contributed by atoms with Gasteiger partial charge in [-0.1, -0.05) is 0 Å².